The number of anilines is 1. The number of rotatable bonds is 18. The summed E-state index contributed by atoms with van der Waals surface area (Å²) in [6.07, 6.45) is 6.41. The molecule has 4 aromatic heterocycles. The highest BCUT2D eigenvalue weighted by atomic mass is 35.5. The fraction of sp³-hybridized carbons (Fsp3) is 0.351. The number of aliphatic hydroxyl groups excluding tert-OH is 2. The third-order valence-electron chi connectivity index (χ3n) is 15.2. The smallest absolute Gasteiger partial charge is 0.319 e. The molecule has 0 unspecified atom stereocenters. The van der Waals surface area contributed by atoms with Gasteiger partial charge in [0.1, 0.15) is 54.9 Å². The van der Waals surface area contributed by atoms with Crippen LogP contribution in [0.5, 0.6) is 11.8 Å². The number of fused-ring (bicyclic) bond motifs is 4. The van der Waals surface area contributed by atoms with Gasteiger partial charge < -0.3 is 39.5 Å². The molecular weight excluding hydrogens is 1050 g/mol. The molecule has 22 heteroatoms. The molecular formula is C57H58Cl2FN12O7+. The summed E-state index contributed by atoms with van der Waals surface area (Å²) in [5.41, 5.74) is 5.76. The number of benzene rings is 4. The molecule has 19 nitrogen and oxygen atoms in total. The third kappa shape index (κ3) is 10.5. The van der Waals surface area contributed by atoms with Crippen LogP contribution in [0, 0.1) is 11.7 Å². The van der Waals surface area contributed by atoms with Crippen LogP contribution < -0.4 is 19.7 Å². The first-order chi connectivity index (χ1) is 38.2. The summed E-state index contributed by atoms with van der Waals surface area (Å²) in [6, 6.07) is 19.5. The van der Waals surface area contributed by atoms with E-state index in [9.17, 15) is 19.8 Å². The number of H-pyrrole nitrogens is 1. The van der Waals surface area contributed by atoms with E-state index in [1.807, 2.05) is 81.4 Å². The van der Waals surface area contributed by atoms with Crippen LogP contribution in [0.25, 0.3) is 55.3 Å². The molecule has 11 rings (SSSR count). The van der Waals surface area contributed by atoms with Crippen molar-refractivity contribution in [2.75, 3.05) is 44.9 Å². The Morgan fingerprint density at radius 2 is 1.75 bits per heavy atom. The van der Waals surface area contributed by atoms with E-state index in [2.05, 4.69) is 47.0 Å². The Bertz CT molecular complexity index is 3590. The first-order valence-corrected chi connectivity index (χ1v) is 26.8. The maximum Gasteiger partial charge on any atom is 0.319 e. The lowest BCUT2D eigenvalue weighted by Gasteiger charge is -2.30. The molecule has 0 saturated carbocycles. The van der Waals surface area contributed by atoms with E-state index in [0.29, 0.717) is 56.6 Å². The van der Waals surface area contributed by atoms with Gasteiger partial charge in [0, 0.05) is 72.4 Å². The average Bonchev–Trinajstić information content (AvgIpc) is 4.46. The highest BCUT2D eigenvalue weighted by Gasteiger charge is 2.48. The Morgan fingerprint density at radius 3 is 2.44 bits per heavy atom. The Balaban J connectivity index is 0.859. The topological polar surface area (TPSA) is 222 Å². The summed E-state index contributed by atoms with van der Waals surface area (Å²) < 4.78 is 37.8. The summed E-state index contributed by atoms with van der Waals surface area (Å²) in [7, 11) is 1.59. The molecule has 0 spiro atoms. The molecule has 2 bridgehead atoms. The number of carbonyl (C=O) groups excluding carboxylic acids is 2. The molecule has 3 saturated heterocycles. The summed E-state index contributed by atoms with van der Waals surface area (Å²) >= 11 is 14.2. The van der Waals surface area contributed by atoms with Crippen LogP contribution in [-0.2, 0) is 20.9 Å². The minimum absolute atomic E-state index is 0.00411. The second-order valence-electron chi connectivity index (χ2n) is 20.8. The Hall–Kier alpha value is -7.62. The number of ether oxygens (including phenoxy) is 3. The van der Waals surface area contributed by atoms with E-state index in [1.165, 1.54) is 15.6 Å². The van der Waals surface area contributed by atoms with Crippen LogP contribution in [-0.4, -0.2) is 149 Å². The zero-order valence-corrected chi connectivity index (χ0v) is 45.3. The van der Waals surface area contributed by atoms with Crippen LogP contribution in [0.3, 0.4) is 0 Å². The van der Waals surface area contributed by atoms with Crippen molar-refractivity contribution in [3.05, 3.63) is 125 Å². The molecule has 8 aromatic rings. The number of pyridine rings is 1. The Morgan fingerprint density at radius 1 is 0.962 bits per heavy atom. The highest BCUT2D eigenvalue weighted by Crippen LogP contribution is 2.50. The second kappa shape index (κ2) is 22.3. The van der Waals surface area contributed by atoms with Gasteiger partial charge in [-0.25, -0.2) is 13.6 Å². The van der Waals surface area contributed by atoms with Gasteiger partial charge in [-0.05, 0) is 47.2 Å². The third-order valence-corrected chi connectivity index (χ3v) is 15.9. The minimum Gasteiger partial charge on any atom is -0.486 e. The molecule has 3 aliphatic rings. The largest absolute Gasteiger partial charge is 0.486 e. The molecule has 79 heavy (non-hydrogen) atoms. The van der Waals surface area contributed by atoms with E-state index < -0.39 is 41.9 Å². The van der Waals surface area contributed by atoms with E-state index in [0.717, 1.165) is 29.7 Å². The van der Waals surface area contributed by atoms with Crippen molar-refractivity contribution in [2.24, 2.45) is 5.92 Å². The van der Waals surface area contributed by atoms with Crippen LogP contribution in [0.4, 0.5) is 10.2 Å². The van der Waals surface area contributed by atoms with Crippen LogP contribution in [0.1, 0.15) is 56.8 Å². The average molecular weight is 1110 g/mol. The van der Waals surface area contributed by atoms with E-state index in [4.69, 9.17) is 47.4 Å². The number of aromatic nitrogens is 8. The predicted molar refractivity (Wildman–Crippen MR) is 296 cm³/mol. The quantitative estimate of drug-likeness (QED) is 0.0608. The fourth-order valence-electron chi connectivity index (χ4n) is 11.0. The van der Waals surface area contributed by atoms with Crippen LogP contribution in [0.15, 0.2) is 97.6 Å². The number of aliphatic hydroxyl groups is 2. The molecule has 4 N–H and O–H groups in total. The van der Waals surface area contributed by atoms with Crippen LogP contribution in [0.2, 0.25) is 10.0 Å². The van der Waals surface area contributed by atoms with Gasteiger partial charge in [-0.1, -0.05) is 96.9 Å². The Kier molecular flexibility index (Phi) is 15.0. The predicted octanol–water partition coefficient (Wildman–Crippen LogP) is 7.61. The lowest BCUT2D eigenvalue weighted by Crippen LogP contribution is -2.50. The molecule has 3 aliphatic heterocycles. The van der Waals surface area contributed by atoms with Crippen LogP contribution >= 0.6 is 23.2 Å². The number of nitrogens with one attached hydrogen (secondary N) is 2. The van der Waals surface area contributed by atoms with Crippen molar-refractivity contribution in [3.63, 3.8) is 0 Å². The first-order valence-electron chi connectivity index (χ1n) is 26.1. The molecule has 3 fully saturated rings. The zero-order valence-electron chi connectivity index (χ0n) is 43.8. The van der Waals surface area contributed by atoms with Gasteiger partial charge in [0.2, 0.25) is 11.8 Å². The molecule has 7 atom stereocenters. The number of hydrogen-bond acceptors (Lipinski definition) is 14. The summed E-state index contributed by atoms with van der Waals surface area (Å²) in [6.45, 7) is 11.0. The molecule has 0 radical (unpaired) electrons. The number of nitrogens with zero attached hydrogens (tertiary/aromatic N) is 10. The van der Waals surface area contributed by atoms with Gasteiger partial charge in [0.05, 0.1) is 65.4 Å². The van der Waals surface area contributed by atoms with Crippen molar-refractivity contribution in [3.8, 4) is 45.3 Å². The molecule has 0 aliphatic carbocycles. The highest BCUT2D eigenvalue weighted by molar-refractivity contribution is 6.39. The minimum atomic E-state index is -1.00. The summed E-state index contributed by atoms with van der Waals surface area (Å²) in [5, 5.41) is 41.3. The number of piperazine rings is 1. The van der Waals surface area contributed by atoms with Crippen molar-refractivity contribution >= 4 is 69.4 Å². The SMILES string of the molecule is C=[N+]1C[C@@H]2C[C@H]1CN2c1nc(OC[C@H](C)OC)nc2c(OCc3ccc(-c4cn([C@H](C(=O)N5C[C@H](O)C[C@H]5C(=O)N[C@@H](CO)c5ccc(-c6cccnc6)cc5)C(C)C)nn4)cc3)c(-c3c(Cl)c(F)cc4[nH]ncc34)c(Cl)cc12. The van der Waals surface area contributed by atoms with Crippen molar-refractivity contribution < 1.29 is 43.0 Å². The van der Waals surface area contributed by atoms with E-state index in [1.54, 1.807) is 38.0 Å². The first kappa shape index (κ1) is 53.4. The van der Waals surface area contributed by atoms with E-state index in [-0.39, 0.29) is 84.3 Å². The van der Waals surface area contributed by atoms with Gasteiger partial charge in [-0.15, -0.1) is 5.10 Å². The zero-order chi connectivity index (χ0) is 55.2. The lowest BCUT2D eigenvalue weighted by molar-refractivity contribution is -0.538. The van der Waals surface area contributed by atoms with Gasteiger partial charge in [-0.2, -0.15) is 15.1 Å². The number of amides is 2. The maximum atomic E-state index is 15.7. The Labute approximate surface area is 464 Å². The molecule has 4 aromatic carbocycles. The number of aromatic amines is 1. The lowest BCUT2D eigenvalue weighted by atomic mass is 9.98. The molecule has 408 valence electrons. The number of methoxy groups -OCH3 is 1. The fourth-order valence-corrected chi connectivity index (χ4v) is 11.5. The summed E-state index contributed by atoms with van der Waals surface area (Å²) in [5.74, 6) is -1.06. The number of likely N-dealkylation sites (tertiary alicyclic amines) is 1. The van der Waals surface area contributed by atoms with Gasteiger partial charge in [0.15, 0.2) is 18.3 Å². The number of halogens is 3. The van der Waals surface area contributed by atoms with Crippen molar-refractivity contribution in [1.82, 2.24) is 50.4 Å². The standard InChI is InChI=1S/C57H57Cl2FN12O7/c1-30(2)52(56(76)71-25-39(74)18-47(71)55(75)63-46(27-73)35-14-12-33(13-15-35)36-7-6-16-61-21-36)72-26-45(67-68-72)34-10-8-32(9-11-34)29-78-53-49(48-41-22-62-66-44(41)20-43(60)50(48)59)42(58)19-40-51(53)64-57(79-28-31(3)77-5)65-54(40)70-24-37-17-38(70)23-69(37)4/h6-16,19-22,26,30-31,37-39,46-47,52,73-74H,4,17-18,23-25,27-29H2,1-3,5H3,(H-,62,63,64,65,66,75)/p+1/t31-,37-,38-,39+,46-,47-,52-/m0/s1. The number of β-amino-alcohol motifs (C(OH)–C–C–N with tert-alkyl or cyclic N) is 1. The van der Waals surface area contributed by atoms with Crippen molar-refractivity contribution in [1.29, 1.82) is 0 Å². The number of hydrogen-bond donors (Lipinski definition) is 4. The summed E-state index contributed by atoms with van der Waals surface area (Å²) in [4.78, 5) is 46.2. The van der Waals surface area contributed by atoms with Gasteiger partial charge in [-0.3, -0.25) is 19.7 Å². The normalized spacial score (nSPS) is 19.2. The second-order valence-corrected chi connectivity index (χ2v) is 21.5. The van der Waals surface area contributed by atoms with Gasteiger partial charge >= 0.3 is 6.01 Å². The molecule has 7 heterocycles. The van der Waals surface area contributed by atoms with E-state index >= 15 is 4.39 Å². The maximum absolute atomic E-state index is 15.7. The number of carbonyl (C=O) groups is 2. The van der Waals surface area contributed by atoms with Gasteiger partial charge in [0.25, 0.3) is 0 Å². The molecule has 2 amide bonds. The monoisotopic (exact) mass is 1110 g/mol. The van der Waals surface area contributed by atoms with Crippen molar-refractivity contribution in [2.45, 2.75) is 82.6 Å².